The van der Waals surface area contributed by atoms with E-state index in [1.54, 1.807) is 25.1 Å². The number of halogens is 1. The molecule has 1 heterocycles. The van der Waals surface area contributed by atoms with Crippen molar-refractivity contribution in [3.8, 4) is 0 Å². The summed E-state index contributed by atoms with van der Waals surface area (Å²) in [5.74, 6) is 0.504. The standard InChI is InChI=1S/C17H23FN4O/c1-13(23)12-21-6-8-22(9-7-21)17(20)10-15(11-19)14-2-4-16(18)5-3-14/h2-5,10-11H,6-9,12,19-20H2,1H3/b15-11+,17-10+. The monoisotopic (exact) mass is 318 g/mol. The molecule has 0 aromatic heterocycles. The van der Waals surface area contributed by atoms with Crippen LogP contribution in [0.25, 0.3) is 5.57 Å². The Bertz CT molecular complexity index is 602. The third-order valence-electron chi connectivity index (χ3n) is 3.84. The van der Waals surface area contributed by atoms with Gasteiger partial charge in [-0.1, -0.05) is 12.1 Å². The second-order valence-corrected chi connectivity index (χ2v) is 5.66. The first-order valence-corrected chi connectivity index (χ1v) is 7.61. The van der Waals surface area contributed by atoms with Crippen LogP contribution in [0.2, 0.25) is 0 Å². The maximum atomic E-state index is 13.0. The number of rotatable bonds is 5. The summed E-state index contributed by atoms with van der Waals surface area (Å²) in [6.07, 6.45) is 3.26. The number of nitrogens with two attached hydrogens (primary N) is 2. The molecule has 0 aliphatic carbocycles. The van der Waals surface area contributed by atoms with Crippen molar-refractivity contribution in [3.63, 3.8) is 0 Å². The molecule has 5 nitrogen and oxygen atoms in total. The number of carbonyl (C=O) groups is 1. The zero-order valence-electron chi connectivity index (χ0n) is 13.3. The van der Waals surface area contributed by atoms with Gasteiger partial charge in [0.15, 0.2) is 0 Å². The number of carbonyl (C=O) groups excluding carboxylic acids is 1. The molecule has 1 saturated heterocycles. The van der Waals surface area contributed by atoms with Gasteiger partial charge in [-0.15, -0.1) is 0 Å². The molecule has 0 atom stereocenters. The van der Waals surface area contributed by atoms with E-state index in [1.807, 2.05) is 0 Å². The fourth-order valence-electron chi connectivity index (χ4n) is 2.60. The Kier molecular flexibility index (Phi) is 5.76. The number of Topliss-reactive ketones (excluding diaryl/α,β-unsaturated/α-hetero) is 1. The summed E-state index contributed by atoms with van der Waals surface area (Å²) in [6.45, 7) is 5.20. The Labute approximate surface area is 136 Å². The average molecular weight is 318 g/mol. The van der Waals surface area contributed by atoms with Gasteiger partial charge in [-0.05, 0) is 30.7 Å². The first-order chi connectivity index (χ1) is 11.0. The predicted molar refractivity (Wildman–Crippen MR) is 89.5 cm³/mol. The fourth-order valence-corrected chi connectivity index (χ4v) is 2.60. The van der Waals surface area contributed by atoms with Crippen molar-refractivity contribution in [3.05, 3.63) is 53.7 Å². The minimum absolute atomic E-state index is 0.173. The van der Waals surface area contributed by atoms with Crippen molar-refractivity contribution in [1.82, 2.24) is 9.80 Å². The van der Waals surface area contributed by atoms with E-state index in [1.165, 1.54) is 18.3 Å². The highest BCUT2D eigenvalue weighted by Gasteiger charge is 2.18. The van der Waals surface area contributed by atoms with Crippen molar-refractivity contribution in [2.75, 3.05) is 32.7 Å². The van der Waals surface area contributed by atoms with Crippen LogP contribution in [-0.4, -0.2) is 48.3 Å². The number of nitrogens with zero attached hydrogens (tertiary/aromatic N) is 2. The van der Waals surface area contributed by atoms with Crippen LogP contribution in [0.5, 0.6) is 0 Å². The van der Waals surface area contributed by atoms with E-state index in [9.17, 15) is 9.18 Å². The zero-order valence-corrected chi connectivity index (χ0v) is 13.3. The van der Waals surface area contributed by atoms with Gasteiger partial charge >= 0.3 is 0 Å². The van der Waals surface area contributed by atoms with Gasteiger partial charge in [-0.25, -0.2) is 4.39 Å². The van der Waals surface area contributed by atoms with E-state index >= 15 is 0 Å². The Balaban J connectivity index is 2.01. The normalized spacial score (nSPS) is 17.4. The maximum Gasteiger partial charge on any atom is 0.143 e. The molecule has 0 unspecified atom stereocenters. The average Bonchev–Trinajstić information content (AvgIpc) is 2.53. The Morgan fingerprint density at radius 3 is 2.35 bits per heavy atom. The highest BCUT2D eigenvalue weighted by atomic mass is 19.1. The molecule has 0 radical (unpaired) electrons. The second kappa shape index (κ2) is 7.78. The van der Waals surface area contributed by atoms with Gasteiger partial charge in [0.25, 0.3) is 0 Å². The molecule has 0 saturated carbocycles. The van der Waals surface area contributed by atoms with Gasteiger partial charge in [-0.2, -0.15) is 0 Å². The number of piperazine rings is 1. The summed E-state index contributed by atoms with van der Waals surface area (Å²) >= 11 is 0. The molecule has 124 valence electrons. The van der Waals surface area contributed by atoms with E-state index in [-0.39, 0.29) is 11.6 Å². The van der Waals surface area contributed by atoms with Crippen LogP contribution in [-0.2, 0) is 4.79 Å². The van der Waals surface area contributed by atoms with E-state index in [2.05, 4.69) is 9.80 Å². The van der Waals surface area contributed by atoms with E-state index in [0.717, 1.165) is 37.3 Å². The summed E-state index contributed by atoms with van der Waals surface area (Å²) < 4.78 is 13.0. The fraction of sp³-hybridized carbons (Fsp3) is 0.353. The van der Waals surface area contributed by atoms with Gasteiger partial charge in [0.05, 0.1) is 12.4 Å². The van der Waals surface area contributed by atoms with E-state index in [0.29, 0.717) is 12.4 Å². The number of hydrogen-bond acceptors (Lipinski definition) is 5. The molecule has 1 aromatic rings. The number of allylic oxidation sites excluding steroid dienone is 2. The molecule has 23 heavy (non-hydrogen) atoms. The number of hydrogen-bond donors (Lipinski definition) is 2. The minimum atomic E-state index is -0.288. The van der Waals surface area contributed by atoms with Gasteiger partial charge in [0.2, 0.25) is 0 Å². The summed E-state index contributed by atoms with van der Waals surface area (Å²) in [7, 11) is 0. The molecule has 2 rings (SSSR count). The highest BCUT2D eigenvalue weighted by molar-refractivity contribution is 5.77. The summed E-state index contributed by atoms with van der Waals surface area (Å²) in [4.78, 5) is 15.3. The molecule has 0 bridgehead atoms. The summed E-state index contributed by atoms with van der Waals surface area (Å²) in [5, 5.41) is 0. The van der Waals surface area contributed by atoms with Crippen molar-refractivity contribution in [1.29, 1.82) is 0 Å². The molecule has 1 aliphatic heterocycles. The molecule has 0 spiro atoms. The SMILES string of the molecule is CC(=O)CN1CCN(/C(N)=C/C(=C\N)c2ccc(F)cc2)CC1. The van der Waals surface area contributed by atoms with Crippen molar-refractivity contribution in [2.24, 2.45) is 11.5 Å². The Hall–Kier alpha value is -2.34. The molecular formula is C17H23FN4O. The van der Waals surface area contributed by atoms with Gasteiger partial charge in [-0.3, -0.25) is 9.69 Å². The van der Waals surface area contributed by atoms with E-state index < -0.39 is 0 Å². The van der Waals surface area contributed by atoms with Crippen molar-refractivity contribution < 1.29 is 9.18 Å². The third-order valence-corrected chi connectivity index (χ3v) is 3.84. The second-order valence-electron chi connectivity index (χ2n) is 5.66. The van der Waals surface area contributed by atoms with Crippen molar-refractivity contribution in [2.45, 2.75) is 6.92 Å². The van der Waals surface area contributed by atoms with Crippen LogP contribution in [0.1, 0.15) is 12.5 Å². The largest absolute Gasteiger partial charge is 0.404 e. The predicted octanol–water partition coefficient (Wildman–Crippen LogP) is 1.13. The summed E-state index contributed by atoms with van der Waals surface area (Å²) in [6, 6.07) is 6.12. The minimum Gasteiger partial charge on any atom is -0.404 e. The Morgan fingerprint density at radius 2 is 1.83 bits per heavy atom. The maximum absolute atomic E-state index is 13.0. The van der Waals surface area contributed by atoms with Gasteiger partial charge in [0, 0.05) is 38.0 Å². The lowest BCUT2D eigenvalue weighted by Crippen LogP contribution is -2.48. The highest BCUT2D eigenvalue weighted by Crippen LogP contribution is 2.18. The molecule has 0 amide bonds. The molecule has 1 aliphatic rings. The lowest BCUT2D eigenvalue weighted by atomic mass is 10.1. The van der Waals surface area contributed by atoms with Crippen LogP contribution in [0, 0.1) is 5.82 Å². The number of ketones is 1. The van der Waals surface area contributed by atoms with Crippen LogP contribution < -0.4 is 11.5 Å². The van der Waals surface area contributed by atoms with Crippen molar-refractivity contribution >= 4 is 11.4 Å². The molecular weight excluding hydrogens is 295 g/mol. The first kappa shape index (κ1) is 17.0. The lowest BCUT2D eigenvalue weighted by molar-refractivity contribution is -0.118. The first-order valence-electron chi connectivity index (χ1n) is 7.61. The smallest absolute Gasteiger partial charge is 0.143 e. The molecule has 6 heteroatoms. The lowest BCUT2D eigenvalue weighted by Gasteiger charge is -2.35. The Morgan fingerprint density at radius 1 is 1.22 bits per heavy atom. The molecule has 1 fully saturated rings. The van der Waals surface area contributed by atoms with Crippen LogP contribution >= 0.6 is 0 Å². The topological polar surface area (TPSA) is 75.6 Å². The van der Waals surface area contributed by atoms with Gasteiger partial charge < -0.3 is 16.4 Å². The van der Waals surface area contributed by atoms with Crippen LogP contribution in [0.15, 0.2) is 42.4 Å². The van der Waals surface area contributed by atoms with Crippen LogP contribution in [0.4, 0.5) is 4.39 Å². The number of benzene rings is 1. The van der Waals surface area contributed by atoms with E-state index in [4.69, 9.17) is 11.5 Å². The third kappa shape index (κ3) is 4.82. The van der Waals surface area contributed by atoms with Crippen LogP contribution in [0.3, 0.4) is 0 Å². The van der Waals surface area contributed by atoms with Gasteiger partial charge in [0.1, 0.15) is 11.6 Å². The quantitative estimate of drug-likeness (QED) is 0.796. The molecule has 4 N–H and O–H groups in total. The summed E-state index contributed by atoms with van der Waals surface area (Å²) in [5.41, 5.74) is 13.4. The molecule has 1 aromatic carbocycles. The zero-order chi connectivity index (χ0) is 16.8.